The summed E-state index contributed by atoms with van der Waals surface area (Å²) in [5.41, 5.74) is 5.87. The minimum absolute atomic E-state index is 0.183. The molecule has 0 bridgehead atoms. The van der Waals surface area contributed by atoms with E-state index in [0.717, 1.165) is 28.8 Å². The van der Waals surface area contributed by atoms with Gasteiger partial charge in [0.05, 0.1) is 15.7 Å². The van der Waals surface area contributed by atoms with E-state index in [1.54, 1.807) is 35.1 Å². The van der Waals surface area contributed by atoms with Crippen LogP contribution in [0.1, 0.15) is 41.4 Å². The summed E-state index contributed by atoms with van der Waals surface area (Å²) in [6.45, 7) is 4.11. The lowest BCUT2D eigenvalue weighted by Crippen LogP contribution is -2.11. The van der Waals surface area contributed by atoms with Crippen LogP contribution in [0.25, 0.3) is 28.0 Å². The number of carbonyl (C=O) groups excluding carboxylic acids is 1. The van der Waals surface area contributed by atoms with E-state index in [-0.39, 0.29) is 11.7 Å². The van der Waals surface area contributed by atoms with Gasteiger partial charge in [0.15, 0.2) is 5.76 Å². The average Bonchev–Trinajstić information content (AvgIpc) is 3.52. The zero-order valence-electron chi connectivity index (χ0n) is 19.9. The fraction of sp³-hybridized carbons (Fsp3) is 0.179. The van der Waals surface area contributed by atoms with Crippen molar-refractivity contribution in [1.29, 1.82) is 0 Å². The second-order valence-corrected chi connectivity index (χ2v) is 9.48. The number of nitrogens with zero attached hydrogens (tertiary/aromatic N) is 3. The molecule has 2 aromatic heterocycles. The van der Waals surface area contributed by atoms with Crippen molar-refractivity contribution in [3.8, 4) is 17.0 Å². The van der Waals surface area contributed by atoms with Crippen molar-refractivity contribution in [3.05, 3.63) is 93.7 Å². The van der Waals surface area contributed by atoms with Crippen LogP contribution in [0.5, 0.6) is 0 Å². The van der Waals surface area contributed by atoms with Gasteiger partial charge < -0.3 is 9.73 Å². The van der Waals surface area contributed by atoms with Gasteiger partial charge in [-0.2, -0.15) is 4.80 Å². The van der Waals surface area contributed by atoms with Crippen LogP contribution < -0.4 is 5.32 Å². The summed E-state index contributed by atoms with van der Waals surface area (Å²) in [6.07, 6.45) is 3.41. The Balaban J connectivity index is 1.35. The van der Waals surface area contributed by atoms with Crippen LogP contribution >= 0.6 is 23.2 Å². The third-order valence-electron chi connectivity index (χ3n) is 5.99. The van der Waals surface area contributed by atoms with Crippen molar-refractivity contribution in [1.82, 2.24) is 15.0 Å². The van der Waals surface area contributed by atoms with Crippen LogP contribution in [0, 0.1) is 6.92 Å². The van der Waals surface area contributed by atoms with Crippen LogP contribution in [0.15, 0.2) is 71.1 Å². The first-order chi connectivity index (χ1) is 17.4. The van der Waals surface area contributed by atoms with Gasteiger partial charge in [-0.15, -0.1) is 10.2 Å². The number of amides is 1. The van der Waals surface area contributed by atoms with Crippen molar-refractivity contribution >= 4 is 45.8 Å². The number of benzene rings is 3. The van der Waals surface area contributed by atoms with Crippen LogP contribution in [-0.2, 0) is 6.42 Å². The first-order valence-electron chi connectivity index (χ1n) is 11.7. The van der Waals surface area contributed by atoms with Gasteiger partial charge in [0, 0.05) is 11.3 Å². The minimum atomic E-state index is -0.362. The Kier molecular flexibility index (Phi) is 6.81. The number of nitrogens with one attached hydrogen (secondary N) is 1. The number of furan rings is 1. The number of anilines is 1. The van der Waals surface area contributed by atoms with E-state index in [9.17, 15) is 4.79 Å². The van der Waals surface area contributed by atoms with E-state index in [1.165, 1.54) is 18.4 Å². The molecule has 1 amide bonds. The summed E-state index contributed by atoms with van der Waals surface area (Å²) in [7, 11) is 0. The van der Waals surface area contributed by atoms with Crippen molar-refractivity contribution in [3.63, 3.8) is 0 Å². The topological polar surface area (TPSA) is 73.0 Å². The molecular formula is C28H24Cl2N4O2. The number of fused-ring (bicyclic) bond motifs is 1. The Morgan fingerprint density at radius 2 is 1.69 bits per heavy atom. The monoisotopic (exact) mass is 518 g/mol. The maximum atomic E-state index is 12.9. The fourth-order valence-electron chi connectivity index (χ4n) is 3.94. The molecule has 0 fully saturated rings. The number of rotatable bonds is 7. The molecule has 0 radical (unpaired) electrons. The zero-order chi connectivity index (χ0) is 25.2. The van der Waals surface area contributed by atoms with E-state index in [4.69, 9.17) is 27.6 Å². The summed E-state index contributed by atoms with van der Waals surface area (Å²) < 4.78 is 5.78. The highest BCUT2D eigenvalue weighted by atomic mass is 35.5. The van der Waals surface area contributed by atoms with Gasteiger partial charge in [0.2, 0.25) is 0 Å². The molecule has 36 heavy (non-hydrogen) atoms. The Bertz CT molecular complexity index is 1550. The lowest BCUT2D eigenvalue weighted by Gasteiger charge is -2.06. The molecule has 0 aliphatic rings. The van der Waals surface area contributed by atoms with E-state index >= 15 is 0 Å². The van der Waals surface area contributed by atoms with Crippen molar-refractivity contribution in [2.45, 2.75) is 33.1 Å². The molecule has 0 unspecified atom stereocenters. The molecule has 0 aliphatic carbocycles. The summed E-state index contributed by atoms with van der Waals surface area (Å²) in [5.74, 6) is 0.343. The minimum Gasteiger partial charge on any atom is -0.451 e. The smallest absolute Gasteiger partial charge is 0.291 e. The maximum absolute atomic E-state index is 12.9. The van der Waals surface area contributed by atoms with Gasteiger partial charge in [0.1, 0.15) is 16.8 Å². The Hall–Kier alpha value is -3.61. The van der Waals surface area contributed by atoms with Gasteiger partial charge in [-0.3, -0.25) is 4.79 Å². The van der Waals surface area contributed by atoms with Gasteiger partial charge in [0.25, 0.3) is 5.91 Å². The Labute approximate surface area is 218 Å². The third-order valence-corrected chi connectivity index (χ3v) is 6.73. The molecule has 0 saturated heterocycles. The van der Waals surface area contributed by atoms with Crippen LogP contribution in [0.4, 0.5) is 5.69 Å². The summed E-state index contributed by atoms with van der Waals surface area (Å²) in [5, 5.41) is 13.0. The molecule has 0 aliphatic heterocycles. The van der Waals surface area contributed by atoms with Gasteiger partial charge in [-0.05, 0) is 85.5 Å². The molecule has 0 saturated carbocycles. The second kappa shape index (κ2) is 10.2. The van der Waals surface area contributed by atoms with Crippen molar-refractivity contribution in [2.75, 3.05) is 5.32 Å². The summed E-state index contributed by atoms with van der Waals surface area (Å²) in [4.78, 5) is 14.5. The number of halogens is 2. The normalized spacial score (nSPS) is 11.2. The summed E-state index contributed by atoms with van der Waals surface area (Å²) in [6, 6.07) is 20.6. The largest absolute Gasteiger partial charge is 0.451 e. The predicted molar refractivity (Wildman–Crippen MR) is 144 cm³/mol. The van der Waals surface area contributed by atoms with E-state index in [1.807, 2.05) is 31.2 Å². The van der Waals surface area contributed by atoms with Gasteiger partial charge in [-0.1, -0.05) is 48.7 Å². The SMILES string of the molecule is CCCCc1ccc(-n2nc3cc(C)c(NC(=O)c4ccc(-c5ccc(Cl)c(Cl)c5)o4)cc3n2)cc1. The van der Waals surface area contributed by atoms with Crippen LogP contribution in [0.3, 0.4) is 0 Å². The maximum Gasteiger partial charge on any atom is 0.291 e. The van der Waals surface area contributed by atoms with Crippen molar-refractivity contribution < 1.29 is 9.21 Å². The highest BCUT2D eigenvalue weighted by Crippen LogP contribution is 2.30. The first kappa shape index (κ1) is 24.1. The fourth-order valence-corrected chi connectivity index (χ4v) is 4.24. The highest BCUT2D eigenvalue weighted by molar-refractivity contribution is 6.42. The number of carbonyl (C=O) groups is 1. The molecule has 1 N–H and O–H groups in total. The highest BCUT2D eigenvalue weighted by Gasteiger charge is 2.16. The molecule has 3 aromatic carbocycles. The van der Waals surface area contributed by atoms with Crippen molar-refractivity contribution in [2.24, 2.45) is 0 Å². The molecule has 2 heterocycles. The average molecular weight is 519 g/mol. The Morgan fingerprint density at radius 1 is 0.944 bits per heavy atom. The number of aromatic nitrogens is 3. The lowest BCUT2D eigenvalue weighted by molar-refractivity contribution is 0.0997. The zero-order valence-corrected chi connectivity index (χ0v) is 21.4. The molecule has 0 atom stereocenters. The molecule has 5 aromatic rings. The van der Waals surface area contributed by atoms with E-state index in [0.29, 0.717) is 27.0 Å². The number of unbranched alkanes of at least 4 members (excludes halogenated alkanes) is 1. The van der Waals surface area contributed by atoms with E-state index < -0.39 is 0 Å². The lowest BCUT2D eigenvalue weighted by atomic mass is 10.1. The quantitative estimate of drug-likeness (QED) is 0.237. The van der Waals surface area contributed by atoms with Crippen LogP contribution in [0.2, 0.25) is 10.0 Å². The molecule has 182 valence electrons. The van der Waals surface area contributed by atoms with E-state index in [2.05, 4.69) is 34.6 Å². The number of aryl methyl sites for hydroxylation is 2. The summed E-state index contributed by atoms with van der Waals surface area (Å²) >= 11 is 12.1. The molecule has 8 heteroatoms. The number of hydrogen-bond acceptors (Lipinski definition) is 4. The molecule has 5 rings (SSSR count). The number of hydrogen-bond donors (Lipinski definition) is 1. The second-order valence-electron chi connectivity index (χ2n) is 8.66. The third kappa shape index (κ3) is 5.01. The molecule has 0 spiro atoms. The molecule has 6 nitrogen and oxygen atoms in total. The standard InChI is InChI=1S/C28H24Cl2N4O2/c1-3-4-5-18-6-9-20(10-7-18)34-32-24-14-17(2)23(16-25(24)33-34)31-28(35)27-13-12-26(36-27)19-8-11-21(29)22(30)15-19/h6-16H,3-5H2,1-2H3,(H,31,35). The first-order valence-corrected chi connectivity index (χ1v) is 12.5. The van der Waals surface area contributed by atoms with Gasteiger partial charge >= 0.3 is 0 Å². The van der Waals surface area contributed by atoms with Crippen LogP contribution in [-0.4, -0.2) is 20.9 Å². The Morgan fingerprint density at radius 3 is 2.42 bits per heavy atom. The van der Waals surface area contributed by atoms with Gasteiger partial charge in [-0.25, -0.2) is 0 Å². The predicted octanol–water partition coefficient (Wildman–Crippen LogP) is 7.89. The molecular weight excluding hydrogens is 495 g/mol.